The molecule has 4 nitrogen and oxygen atoms in total. The zero-order chi connectivity index (χ0) is 23.3. The van der Waals surface area contributed by atoms with E-state index in [0.29, 0.717) is 5.02 Å². The number of carbonyl (C=O) groups excluding carboxylic acids is 2. The van der Waals surface area contributed by atoms with E-state index < -0.39 is 23.7 Å². The number of hydrogen-bond donors (Lipinski definition) is 1. The third kappa shape index (κ3) is 6.00. The highest BCUT2D eigenvalue weighted by molar-refractivity contribution is 6.36. The van der Waals surface area contributed by atoms with Gasteiger partial charge in [-0.15, -0.1) is 0 Å². The van der Waals surface area contributed by atoms with E-state index in [4.69, 9.17) is 34.8 Å². The molecule has 3 rings (SSSR count). The second kappa shape index (κ2) is 10.8. The fourth-order valence-electron chi connectivity index (χ4n) is 3.22. The smallest absolute Gasteiger partial charge is 0.253 e. The minimum atomic E-state index is -0.910. The van der Waals surface area contributed by atoms with Crippen molar-refractivity contribution in [2.24, 2.45) is 0 Å². The van der Waals surface area contributed by atoms with E-state index in [9.17, 15) is 14.0 Å². The summed E-state index contributed by atoms with van der Waals surface area (Å²) in [6, 6.07) is 17.2. The van der Waals surface area contributed by atoms with Gasteiger partial charge in [-0.1, -0.05) is 71.2 Å². The minimum Gasteiger partial charge on any atom is -0.340 e. The standard InChI is InChI=1S/C24H20Cl3FN2O2/c1-30(14-18-19(26)8-5-9-21(18)28)24(32)22(12-15-6-3-2-4-7-15)29-23(31)17-11-10-16(25)13-20(17)27/h2-11,13,22H,12,14H2,1H3,(H,29,31). The predicted molar refractivity (Wildman–Crippen MR) is 126 cm³/mol. The summed E-state index contributed by atoms with van der Waals surface area (Å²) in [6.45, 7) is -0.0484. The van der Waals surface area contributed by atoms with Crippen LogP contribution in [0.25, 0.3) is 0 Å². The Balaban J connectivity index is 1.84. The zero-order valence-corrected chi connectivity index (χ0v) is 19.4. The molecule has 0 fully saturated rings. The highest BCUT2D eigenvalue weighted by atomic mass is 35.5. The summed E-state index contributed by atoms with van der Waals surface area (Å²) in [5, 5.41) is 3.54. The first-order chi connectivity index (χ1) is 15.3. The third-order valence-electron chi connectivity index (χ3n) is 4.90. The van der Waals surface area contributed by atoms with Gasteiger partial charge in [0.1, 0.15) is 11.9 Å². The molecule has 1 N–H and O–H groups in total. The highest BCUT2D eigenvalue weighted by Gasteiger charge is 2.26. The van der Waals surface area contributed by atoms with Crippen LogP contribution in [0.2, 0.25) is 15.1 Å². The number of likely N-dealkylation sites (N-methyl/N-ethyl adjacent to an activating group) is 1. The van der Waals surface area contributed by atoms with Gasteiger partial charge in [-0.05, 0) is 35.9 Å². The lowest BCUT2D eigenvalue weighted by Gasteiger charge is -2.25. The van der Waals surface area contributed by atoms with Crippen LogP contribution in [0.5, 0.6) is 0 Å². The van der Waals surface area contributed by atoms with Gasteiger partial charge < -0.3 is 10.2 Å². The highest BCUT2D eigenvalue weighted by Crippen LogP contribution is 2.22. The number of hydrogen-bond acceptors (Lipinski definition) is 2. The summed E-state index contributed by atoms with van der Waals surface area (Å²) in [4.78, 5) is 27.5. The molecule has 0 saturated carbocycles. The molecule has 0 heterocycles. The molecule has 3 aromatic rings. The molecule has 8 heteroatoms. The first-order valence-corrected chi connectivity index (χ1v) is 10.9. The van der Waals surface area contributed by atoms with Crippen LogP contribution in [0.4, 0.5) is 4.39 Å². The van der Waals surface area contributed by atoms with E-state index >= 15 is 0 Å². The molecule has 0 spiro atoms. The summed E-state index contributed by atoms with van der Waals surface area (Å²) in [5.41, 5.74) is 1.25. The molecular weight excluding hydrogens is 474 g/mol. The largest absolute Gasteiger partial charge is 0.340 e. The van der Waals surface area contributed by atoms with Gasteiger partial charge in [-0.25, -0.2) is 4.39 Å². The first kappa shape index (κ1) is 24.1. The zero-order valence-electron chi connectivity index (χ0n) is 17.1. The Morgan fingerprint density at radius 1 is 0.969 bits per heavy atom. The Morgan fingerprint density at radius 2 is 1.69 bits per heavy atom. The Bertz CT molecular complexity index is 1110. The van der Waals surface area contributed by atoms with Gasteiger partial charge in [-0.2, -0.15) is 0 Å². The second-order valence-electron chi connectivity index (χ2n) is 7.23. The maximum Gasteiger partial charge on any atom is 0.253 e. The Hall–Kier alpha value is -2.60. The van der Waals surface area contributed by atoms with E-state index in [2.05, 4.69) is 5.32 Å². The molecule has 32 heavy (non-hydrogen) atoms. The molecule has 2 amide bonds. The molecule has 3 aromatic carbocycles. The molecule has 0 aliphatic heterocycles. The quantitative estimate of drug-likeness (QED) is 0.453. The molecule has 0 aliphatic rings. The minimum absolute atomic E-state index is 0.0484. The second-order valence-corrected chi connectivity index (χ2v) is 8.49. The van der Waals surface area contributed by atoms with Crippen LogP contribution in [-0.4, -0.2) is 29.8 Å². The summed E-state index contributed by atoms with van der Waals surface area (Å²) < 4.78 is 14.2. The molecule has 0 aliphatic carbocycles. The number of nitrogens with one attached hydrogen (secondary N) is 1. The lowest BCUT2D eigenvalue weighted by molar-refractivity contribution is -0.132. The lowest BCUT2D eigenvalue weighted by Crippen LogP contribution is -2.48. The van der Waals surface area contributed by atoms with E-state index in [0.717, 1.165) is 5.56 Å². The van der Waals surface area contributed by atoms with Crippen LogP contribution in [0.1, 0.15) is 21.5 Å². The van der Waals surface area contributed by atoms with Crippen LogP contribution in [-0.2, 0) is 17.8 Å². The van der Waals surface area contributed by atoms with Crippen LogP contribution < -0.4 is 5.32 Å². The average molecular weight is 494 g/mol. The Labute approximate surface area is 200 Å². The van der Waals surface area contributed by atoms with Gasteiger partial charge in [0, 0.05) is 35.6 Å². The van der Waals surface area contributed by atoms with Gasteiger partial charge in [0.25, 0.3) is 5.91 Å². The van der Waals surface area contributed by atoms with Crippen LogP contribution >= 0.6 is 34.8 Å². The van der Waals surface area contributed by atoms with Gasteiger partial charge in [0.2, 0.25) is 5.91 Å². The Kier molecular flexibility index (Phi) is 8.13. The summed E-state index contributed by atoms with van der Waals surface area (Å²) in [6.07, 6.45) is 0.242. The first-order valence-electron chi connectivity index (χ1n) is 9.74. The van der Waals surface area contributed by atoms with E-state index in [1.54, 1.807) is 12.1 Å². The number of benzene rings is 3. The topological polar surface area (TPSA) is 49.4 Å². The van der Waals surface area contributed by atoms with E-state index in [1.165, 1.54) is 36.2 Å². The summed E-state index contributed by atoms with van der Waals surface area (Å²) >= 11 is 18.2. The number of carbonyl (C=O) groups is 2. The molecule has 1 unspecified atom stereocenters. The van der Waals surface area contributed by atoms with Crippen molar-refractivity contribution in [2.75, 3.05) is 7.05 Å². The molecule has 0 bridgehead atoms. The van der Waals surface area contributed by atoms with Crippen molar-refractivity contribution in [3.63, 3.8) is 0 Å². The van der Waals surface area contributed by atoms with Crippen molar-refractivity contribution in [3.8, 4) is 0 Å². The fourth-order valence-corrected chi connectivity index (χ4v) is 3.94. The Morgan fingerprint density at radius 3 is 2.34 bits per heavy atom. The van der Waals surface area contributed by atoms with Crippen molar-refractivity contribution in [3.05, 3.63) is 104 Å². The predicted octanol–water partition coefficient (Wildman–Crippen LogP) is 5.79. The van der Waals surface area contributed by atoms with Gasteiger partial charge in [0.05, 0.1) is 10.6 Å². The molecule has 166 valence electrons. The van der Waals surface area contributed by atoms with Crippen molar-refractivity contribution in [1.82, 2.24) is 10.2 Å². The van der Waals surface area contributed by atoms with Gasteiger partial charge in [0.15, 0.2) is 0 Å². The maximum atomic E-state index is 14.2. The average Bonchev–Trinajstić information content (AvgIpc) is 2.76. The molecule has 1 atom stereocenters. The van der Waals surface area contributed by atoms with Gasteiger partial charge in [-0.3, -0.25) is 9.59 Å². The summed E-state index contributed by atoms with van der Waals surface area (Å²) in [7, 11) is 1.53. The SMILES string of the molecule is CN(Cc1c(F)cccc1Cl)C(=O)C(Cc1ccccc1)NC(=O)c1ccc(Cl)cc1Cl. The van der Waals surface area contributed by atoms with Gasteiger partial charge >= 0.3 is 0 Å². The van der Waals surface area contributed by atoms with Crippen molar-refractivity contribution in [2.45, 2.75) is 19.0 Å². The normalized spacial score (nSPS) is 11.7. The number of amides is 2. The molecule has 0 saturated heterocycles. The summed E-state index contributed by atoms with van der Waals surface area (Å²) in [5.74, 6) is -1.42. The van der Waals surface area contributed by atoms with Crippen molar-refractivity contribution >= 4 is 46.6 Å². The molecule has 0 radical (unpaired) electrons. The van der Waals surface area contributed by atoms with Crippen molar-refractivity contribution in [1.29, 1.82) is 0 Å². The lowest BCUT2D eigenvalue weighted by atomic mass is 10.0. The van der Waals surface area contributed by atoms with E-state index in [1.807, 2.05) is 30.3 Å². The van der Waals surface area contributed by atoms with Crippen LogP contribution in [0.15, 0.2) is 66.7 Å². The molecular formula is C24H20Cl3FN2O2. The van der Waals surface area contributed by atoms with Crippen molar-refractivity contribution < 1.29 is 14.0 Å². The number of rotatable bonds is 7. The van der Waals surface area contributed by atoms with Crippen LogP contribution in [0, 0.1) is 5.82 Å². The number of nitrogens with zero attached hydrogens (tertiary/aromatic N) is 1. The maximum absolute atomic E-state index is 14.2. The fraction of sp³-hybridized carbons (Fsp3) is 0.167. The van der Waals surface area contributed by atoms with Crippen LogP contribution in [0.3, 0.4) is 0 Å². The molecule has 0 aromatic heterocycles. The number of halogens is 4. The van der Waals surface area contributed by atoms with E-state index in [-0.39, 0.29) is 34.1 Å². The monoisotopic (exact) mass is 492 g/mol. The third-order valence-corrected chi connectivity index (χ3v) is 5.80.